The first kappa shape index (κ1) is 13.3. The van der Waals surface area contributed by atoms with Crippen LogP contribution < -0.4 is 5.73 Å². The summed E-state index contributed by atoms with van der Waals surface area (Å²) in [5.74, 6) is -0.0965. The zero-order valence-electron chi connectivity index (χ0n) is 11.2. The predicted octanol–water partition coefficient (Wildman–Crippen LogP) is 2.26. The highest BCUT2D eigenvalue weighted by Gasteiger charge is 2.56. The summed E-state index contributed by atoms with van der Waals surface area (Å²) >= 11 is 0. The third-order valence-electron chi connectivity index (χ3n) is 3.90. The van der Waals surface area contributed by atoms with E-state index in [-0.39, 0.29) is 12.0 Å². The average Bonchev–Trinajstić information content (AvgIpc) is 3.13. The molecule has 0 radical (unpaired) electrons. The third-order valence-corrected chi connectivity index (χ3v) is 6.15. The first-order valence-electron chi connectivity index (χ1n) is 6.63. The van der Waals surface area contributed by atoms with Crippen LogP contribution in [0.5, 0.6) is 0 Å². The second-order valence-corrected chi connectivity index (χ2v) is 7.44. The summed E-state index contributed by atoms with van der Waals surface area (Å²) in [6, 6.07) is 16.2. The van der Waals surface area contributed by atoms with E-state index in [1.807, 2.05) is 37.3 Å². The van der Waals surface area contributed by atoms with Gasteiger partial charge in [-0.1, -0.05) is 48.0 Å². The van der Waals surface area contributed by atoms with Crippen molar-refractivity contribution in [1.29, 1.82) is 0 Å². The smallest absolute Gasteiger partial charge is 0.183 e. The Bertz CT molecular complexity index is 708. The number of sulfone groups is 1. The van der Waals surface area contributed by atoms with Crippen LogP contribution in [-0.2, 0) is 9.84 Å². The highest BCUT2D eigenvalue weighted by molar-refractivity contribution is 7.92. The normalized spacial score (nSPS) is 25.4. The largest absolute Gasteiger partial charge is 0.326 e. The molecule has 2 N–H and O–H groups in total. The van der Waals surface area contributed by atoms with Gasteiger partial charge in [0.15, 0.2) is 9.84 Å². The van der Waals surface area contributed by atoms with Gasteiger partial charge in [0.1, 0.15) is 0 Å². The second-order valence-electron chi connectivity index (χ2n) is 5.34. The lowest BCUT2D eigenvalue weighted by Gasteiger charge is -2.04. The molecule has 3 rings (SSSR count). The molecule has 2 aromatic rings. The molecule has 1 saturated carbocycles. The lowest BCUT2D eigenvalue weighted by atomic mass is 10.1. The molecule has 104 valence electrons. The van der Waals surface area contributed by atoms with Crippen LogP contribution in [0.4, 0.5) is 0 Å². The minimum absolute atomic E-state index is 0.0965. The van der Waals surface area contributed by atoms with Gasteiger partial charge >= 0.3 is 0 Å². The number of aryl methyl sites for hydroxylation is 1. The van der Waals surface area contributed by atoms with Crippen molar-refractivity contribution in [3.63, 3.8) is 0 Å². The van der Waals surface area contributed by atoms with Crippen molar-refractivity contribution < 1.29 is 8.42 Å². The maximum atomic E-state index is 12.6. The third kappa shape index (κ3) is 2.15. The average molecular weight is 287 g/mol. The molecule has 3 nitrogen and oxygen atoms in total. The van der Waals surface area contributed by atoms with Gasteiger partial charge in [-0.2, -0.15) is 0 Å². The van der Waals surface area contributed by atoms with E-state index < -0.39 is 15.1 Å². The molecule has 20 heavy (non-hydrogen) atoms. The Balaban J connectivity index is 1.91. The molecule has 2 aromatic carbocycles. The minimum Gasteiger partial charge on any atom is -0.326 e. The quantitative estimate of drug-likeness (QED) is 0.942. The van der Waals surface area contributed by atoms with Gasteiger partial charge in [0, 0.05) is 12.0 Å². The Morgan fingerprint density at radius 1 is 0.950 bits per heavy atom. The van der Waals surface area contributed by atoms with Crippen molar-refractivity contribution in [1.82, 2.24) is 0 Å². The van der Waals surface area contributed by atoms with E-state index in [2.05, 4.69) is 0 Å². The molecule has 1 fully saturated rings. The summed E-state index contributed by atoms with van der Waals surface area (Å²) in [4.78, 5) is 0.357. The highest BCUT2D eigenvalue weighted by Crippen LogP contribution is 2.46. The molecular formula is C16H17NO2S. The van der Waals surface area contributed by atoms with Crippen molar-refractivity contribution >= 4 is 9.84 Å². The fourth-order valence-electron chi connectivity index (χ4n) is 2.67. The number of benzene rings is 2. The number of rotatable bonds is 3. The fraction of sp³-hybridized carbons (Fsp3) is 0.250. The Hall–Kier alpha value is -1.65. The molecule has 0 spiro atoms. The molecular weight excluding hydrogens is 270 g/mol. The molecule has 0 saturated heterocycles. The van der Waals surface area contributed by atoms with Gasteiger partial charge in [-0.05, 0) is 24.6 Å². The molecule has 1 aliphatic carbocycles. The highest BCUT2D eigenvalue weighted by atomic mass is 32.2. The van der Waals surface area contributed by atoms with E-state index in [0.717, 1.165) is 11.1 Å². The summed E-state index contributed by atoms with van der Waals surface area (Å²) in [6.07, 6.45) is 0. The van der Waals surface area contributed by atoms with E-state index in [1.165, 1.54) is 0 Å². The molecule has 0 unspecified atom stereocenters. The van der Waals surface area contributed by atoms with Gasteiger partial charge < -0.3 is 5.73 Å². The summed E-state index contributed by atoms with van der Waals surface area (Å²) in [7, 11) is -3.35. The van der Waals surface area contributed by atoms with Gasteiger partial charge in [0.05, 0.1) is 10.1 Å². The zero-order chi connectivity index (χ0) is 14.3. The molecule has 0 heterocycles. The zero-order valence-corrected chi connectivity index (χ0v) is 12.0. The molecule has 0 aromatic heterocycles. The monoisotopic (exact) mass is 287 g/mol. The first-order valence-corrected chi connectivity index (χ1v) is 8.17. The minimum atomic E-state index is -3.35. The number of hydrogen-bond donors (Lipinski definition) is 1. The van der Waals surface area contributed by atoms with Crippen molar-refractivity contribution in [2.75, 3.05) is 0 Å². The van der Waals surface area contributed by atoms with Crippen LogP contribution in [0.25, 0.3) is 0 Å². The first-order chi connectivity index (χ1) is 9.51. The van der Waals surface area contributed by atoms with Crippen molar-refractivity contribution in [2.24, 2.45) is 5.73 Å². The summed E-state index contributed by atoms with van der Waals surface area (Å²) < 4.78 is 25.2. The fourth-order valence-corrected chi connectivity index (χ4v) is 4.74. The summed E-state index contributed by atoms with van der Waals surface area (Å²) in [6.45, 7) is 2.01. The van der Waals surface area contributed by atoms with Gasteiger partial charge in [-0.25, -0.2) is 8.42 Å². The van der Waals surface area contributed by atoms with Crippen LogP contribution in [0.2, 0.25) is 0 Å². The molecule has 1 aliphatic rings. The Morgan fingerprint density at radius 3 is 2.15 bits per heavy atom. The van der Waals surface area contributed by atoms with E-state index in [9.17, 15) is 8.42 Å². The van der Waals surface area contributed by atoms with E-state index in [0.29, 0.717) is 4.90 Å². The van der Waals surface area contributed by atoms with Crippen LogP contribution >= 0.6 is 0 Å². The topological polar surface area (TPSA) is 60.2 Å². The summed E-state index contributed by atoms with van der Waals surface area (Å²) in [5.41, 5.74) is 8.19. The molecule has 4 heteroatoms. The van der Waals surface area contributed by atoms with E-state index in [1.54, 1.807) is 24.3 Å². The van der Waals surface area contributed by atoms with Crippen molar-refractivity contribution in [2.45, 2.75) is 29.0 Å². The van der Waals surface area contributed by atoms with E-state index >= 15 is 0 Å². The second kappa shape index (κ2) is 4.72. The van der Waals surface area contributed by atoms with Crippen LogP contribution in [0.15, 0.2) is 59.5 Å². The standard InChI is InChI=1S/C16H17NO2S/c1-11-7-9-12(10-8-11)14-15(17)16(14)20(18,19)13-5-3-2-4-6-13/h2-10,14-16H,17H2,1H3/t14-,15-,16+/m1/s1. The molecule has 0 bridgehead atoms. The van der Waals surface area contributed by atoms with Crippen molar-refractivity contribution in [3.8, 4) is 0 Å². The summed E-state index contributed by atoms with van der Waals surface area (Å²) in [5, 5.41) is -0.507. The Labute approximate surface area is 119 Å². The van der Waals surface area contributed by atoms with Crippen LogP contribution in [0.1, 0.15) is 17.0 Å². The maximum absolute atomic E-state index is 12.6. The maximum Gasteiger partial charge on any atom is 0.183 e. The molecule has 0 amide bonds. The van der Waals surface area contributed by atoms with Crippen LogP contribution in [-0.4, -0.2) is 19.7 Å². The van der Waals surface area contributed by atoms with Gasteiger partial charge in [-0.3, -0.25) is 0 Å². The molecule has 3 atom stereocenters. The number of hydrogen-bond acceptors (Lipinski definition) is 3. The molecule has 0 aliphatic heterocycles. The lowest BCUT2D eigenvalue weighted by Crippen LogP contribution is -2.15. The van der Waals surface area contributed by atoms with Crippen molar-refractivity contribution in [3.05, 3.63) is 65.7 Å². The van der Waals surface area contributed by atoms with Gasteiger partial charge in [-0.15, -0.1) is 0 Å². The number of nitrogens with two attached hydrogens (primary N) is 1. The van der Waals surface area contributed by atoms with Crippen LogP contribution in [0, 0.1) is 6.92 Å². The van der Waals surface area contributed by atoms with E-state index in [4.69, 9.17) is 5.73 Å². The SMILES string of the molecule is Cc1ccc([C@@H]2[C@@H](N)[C@H]2S(=O)(=O)c2ccccc2)cc1. The van der Waals surface area contributed by atoms with Gasteiger partial charge in [0.2, 0.25) is 0 Å². The Kier molecular flexibility index (Phi) is 3.15. The predicted molar refractivity (Wildman–Crippen MR) is 79.3 cm³/mol. The van der Waals surface area contributed by atoms with Gasteiger partial charge in [0.25, 0.3) is 0 Å². The lowest BCUT2D eigenvalue weighted by molar-refractivity contribution is 0.593. The van der Waals surface area contributed by atoms with Crippen LogP contribution in [0.3, 0.4) is 0 Å². The Morgan fingerprint density at radius 2 is 1.55 bits per heavy atom.